The Kier molecular flexibility index (Phi) is 3.58. The van der Waals surface area contributed by atoms with E-state index in [0.717, 1.165) is 24.5 Å². The zero-order valence-corrected chi connectivity index (χ0v) is 9.80. The highest BCUT2D eigenvalue weighted by atomic mass is 16.5. The van der Waals surface area contributed by atoms with Crippen LogP contribution in [-0.4, -0.2) is 42.4 Å². The molecule has 5 heteroatoms. The third-order valence-corrected chi connectivity index (χ3v) is 2.98. The monoisotopic (exact) mass is 236 g/mol. The fourth-order valence-corrected chi connectivity index (χ4v) is 1.81. The molecule has 1 aliphatic heterocycles. The fourth-order valence-electron chi connectivity index (χ4n) is 1.81. The van der Waals surface area contributed by atoms with Crippen molar-refractivity contribution < 1.29 is 14.6 Å². The van der Waals surface area contributed by atoms with Gasteiger partial charge in [-0.15, -0.1) is 0 Å². The molecule has 0 spiro atoms. The number of nitrogens with zero attached hydrogens (tertiary/aromatic N) is 2. The zero-order valence-electron chi connectivity index (χ0n) is 9.80. The molecule has 1 unspecified atom stereocenters. The predicted octanol–water partition coefficient (Wildman–Crippen LogP) is 1.11. The van der Waals surface area contributed by atoms with Crippen molar-refractivity contribution in [1.82, 2.24) is 4.98 Å². The predicted molar refractivity (Wildman–Crippen MR) is 63.3 cm³/mol. The van der Waals surface area contributed by atoms with Gasteiger partial charge in [0.05, 0.1) is 19.1 Å². The van der Waals surface area contributed by atoms with Gasteiger partial charge in [-0.05, 0) is 24.6 Å². The normalized spacial score (nSPS) is 17.8. The minimum Gasteiger partial charge on any atom is -0.481 e. The van der Waals surface area contributed by atoms with E-state index in [2.05, 4.69) is 9.88 Å². The first-order valence-corrected chi connectivity index (χ1v) is 5.70. The maximum Gasteiger partial charge on any atom is 0.310 e. The first-order valence-electron chi connectivity index (χ1n) is 5.70. The van der Waals surface area contributed by atoms with Gasteiger partial charge in [-0.2, -0.15) is 0 Å². The largest absolute Gasteiger partial charge is 0.481 e. The molecule has 0 radical (unpaired) electrons. The topological polar surface area (TPSA) is 62.7 Å². The summed E-state index contributed by atoms with van der Waals surface area (Å²) >= 11 is 0. The van der Waals surface area contributed by atoms with Crippen LogP contribution in [-0.2, 0) is 9.53 Å². The molecular formula is C12H16N2O3. The molecule has 0 aromatic carbocycles. The standard InChI is InChI=1S/C12H16N2O3/c1-9(12(15)16)10-2-3-13-11(8-10)14-4-6-17-7-5-14/h2-3,8-9H,4-7H2,1H3,(H,15,16). The molecule has 0 aliphatic carbocycles. The smallest absolute Gasteiger partial charge is 0.310 e. The number of rotatable bonds is 3. The van der Waals surface area contributed by atoms with Crippen LogP contribution in [0.3, 0.4) is 0 Å². The Morgan fingerprint density at radius 3 is 2.88 bits per heavy atom. The quantitative estimate of drug-likeness (QED) is 0.851. The van der Waals surface area contributed by atoms with Gasteiger partial charge in [-0.1, -0.05) is 0 Å². The van der Waals surface area contributed by atoms with Crippen molar-refractivity contribution in [3.05, 3.63) is 23.9 Å². The summed E-state index contributed by atoms with van der Waals surface area (Å²) in [6.07, 6.45) is 1.67. The molecular weight excluding hydrogens is 220 g/mol. The van der Waals surface area contributed by atoms with E-state index in [-0.39, 0.29) is 0 Å². The lowest BCUT2D eigenvalue weighted by molar-refractivity contribution is -0.138. The molecule has 1 saturated heterocycles. The van der Waals surface area contributed by atoms with Gasteiger partial charge in [-0.25, -0.2) is 4.98 Å². The highest BCUT2D eigenvalue weighted by Gasteiger charge is 2.17. The number of hydrogen-bond donors (Lipinski definition) is 1. The summed E-state index contributed by atoms with van der Waals surface area (Å²) in [5.41, 5.74) is 0.786. The lowest BCUT2D eigenvalue weighted by Crippen LogP contribution is -2.36. The second-order valence-electron chi connectivity index (χ2n) is 4.11. The lowest BCUT2D eigenvalue weighted by Gasteiger charge is -2.28. The van der Waals surface area contributed by atoms with Crippen molar-refractivity contribution in [2.24, 2.45) is 0 Å². The molecule has 92 valence electrons. The summed E-state index contributed by atoms with van der Waals surface area (Å²) in [7, 11) is 0. The average molecular weight is 236 g/mol. The van der Waals surface area contributed by atoms with E-state index >= 15 is 0 Å². The van der Waals surface area contributed by atoms with Gasteiger partial charge in [0.15, 0.2) is 0 Å². The molecule has 1 aromatic heterocycles. The molecule has 0 bridgehead atoms. The minimum atomic E-state index is -0.816. The van der Waals surface area contributed by atoms with Crippen molar-refractivity contribution in [3.8, 4) is 0 Å². The molecule has 17 heavy (non-hydrogen) atoms. The van der Waals surface area contributed by atoms with Crippen molar-refractivity contribution in [1.29, 1.82) is 0 Å². The van der Waals surface area contributed by atoms with Crippen molar-refractivity contribution in [3.63, 3.8) is 0 Å². The number of hydrogen-bond acceptors (Lipinski definition) is 4. The zero-order chi connectivity index (χ0) is 12.3. The number of carboxylic acid groups (broad SMARTS) is 1. The first-order chi connectivity index (χ1) is 8.18. The van der Waals surface area contributed by atoms with Crippen LogP contribution in [0.2, 0.25) is 0 Å². The highest BCUT2D eigenvalue weighted by Crippen LogP contribution is 2.20. The third-order valence-electron chi connectivity index (χ3n) is 2.98. The van der Waals surface area contributed by atoms with Crippen LogP contribution >= 0.6 is 0 Å². The van der Waals surface area contributed by atoms with Gasteiger partial charge in [0.25, 0.3) is 0 Å². The number of carboxylic acids is 1. The average Bonchev–Trinajstić information content (AvgIpc) is 2.39. The molecule has 1 aliphatic rings. The molecule has 2 rings (SSSR count). The van der Waals surface area contributed by atoms with Crippen LogP contribution in [0.5, 0.6) is 0 Å². The van der Waals surface area contributed by atoms with E-state index in [9.17, 15) is 4.79 Å². The van der Waals surface area contributed by atoms with Crippen molar-refractivity contribution in [2.45, 2.75) is 12.8 Å². The summed E-state index contributed by atoms with van der Waals surface area (Å²) in [5, 5.41) is 8.98. The first kappa shape index (κ1) is 11.9. The molecule has 2 heterocycles. The van der Waals surface area contributed by atoms with Gasteiger partial charge >= 0.3 is 5.97 Å². The summed E-state index contributed by atoms with van der Waals surface area (Å²) < 4.78 is 5.27. The summed E-state index contributed by atoms with van der Waals surface area (Å²) in [4.78, 5) is 17.3. The van der Waals surface area contributed by atoms with Crippen LogP contribution in [0, 0.1) is 0 Å². The van der Waals surface area contributed by atoms with Gasteiger partial charge in [-0.3, -0.25) is 4.79 Å². The molecule has 1 N–H and O–H groups in total. The maximum absolute atomic E-state index is 10.9. The maximum atomic E-state index is 10.9. The summed E-state index contributed by atoms with van der Waals surface area (Å²) in [6.45, 7) is 4.68. The Balaban J connectivity index is 2.18. The van der Waals surface area contributed by atoms with Crippen molar-refractivity contribution in [2.75, 3.05) is 31.2 Å². The lowest BCUT2D eigenvalue weighted by atomic mass is 10.0. The van der Waals surface area contributed by atoms with Crippen LogP contribution < -0.4 is 4.90 Å². The minimum absolute atomic E-state index is 0.502. The van der Waals surface area contributed by atoms with Crippen LogP contribution in [0.4, 0.5) is 5.82 Å². The molecule has 1 aromatic rings. The van der Waals surface area contributed by atoms with E-state index in [0.29, 0.717) is 13.2 Å². The molecule has 1 atom stereocenters. The van der Waals surface area contributed by atoms with E-state index in [1.807, 2.05) is 6.07 Å². The Hall–Kier alpha value is -1.62. The third kappa shape index (κ3) is 2.74. The number of ether oxygens (including phenoxy) is 1. The Morgan fingerprint density at radius 2 is 2.24 bits per heavy atom. The van der Waals surface area contributed by atoms with E-state index in [4.69, 9.17) is 9.84 Å². The molecule has 1 fully saturated rings. The van der Waals surface area contributed by atoms with Crippen molar-refractivity contribution >= 4 is 11.8 Å². The Bertz CT molecular complexity index is 402. The van der Waals surface area contributed by atoms with Gasteiger partial charge < -0.3 is 14.7 Å². The Morgan fingerprint density at radius 1 is 1.53 bits per heavy atom. The van der Waals surface area contributed by atoms with Crippen LogP contribution in [0.1, 0.15) is 18.4 Å². The molecule has 0 amide bonds. The number of aromatic nitrogens is 1. The molecule has 5 nitrogen and oxygen atoms in total. The van der Waals surface area contributed by atoms with Gasteiger partial charge in [0.1, 0.15) is 5.82 Å². The number of carbonyl (C=O) groups is 1. The number of anilines is 1. The van der Waals surface area contributed by atoms with Gasteiger partial charge in [0, 0.05) is 19.3 Å². The number of pyridine rings is 1. The second kappa shape index (κ2) is 5.14. The highest BCUT2D eigenvalue weighted by molar-refractivity contribution is 5.75. The van der Waals surface area contributed by atoms with E-state index in [1.54, 1.807) is 19.2 Å². The summed E-state index contributed by atoms with van der Waals surface area (Å²) in [5.74, 6) is -0.485. The number of aliphatic carboxylic acids is 1. The van der Waals surface area contributed by atoms with E-state index < -0.39 is 11.9 Å². The van der Waals surface area contributed by atoms with Crippen LogP contribution in [0.25, 0.3) is 0 Å². The number of morpholine rings is 1. The SMILES string of the molecule is CC(C(=O)O)c1ccnc(N2CCOCC2)c1. The van der Waals surface area contributed by atoms with Crippen LogP contribution in [0.15, 0.2) is 18.3 Å². The Labute approximate surface area is 100 Å². The molecule has 0 saturated carbocycles. The fraction of sp³-hybridized carbons (Fsp3) is 0.500. The van der Waals surface area contributed by atoms with E-state index in [1.165, 1.54) is 0 Å². The van der Waals surface area contributed by atoms with Gasteiger partial charge in [0.2, 0.25) is 0 Å². The second-order valence-corrected chi connectivity index (χ2v) is 4.11. The summed E-state index contributed by atoms with van der Waals surface area (Å²) in [6, 6.07) is 3.60.